The predicted octanol–water partition coefficient (Wildman–Crippen LogP) is 1.71. The molecule has 2 heterocycles. The Morgan fingerprint density at radius 1 is 1.38 bits per heavy atom. The summed E-state index contributed by atoms with van der Waals surface area (Å²) in [5.41, 5.74) is 1.64. The number of aromatic nitrogens is 1. The van der Waals surface area contributed by atoms with E-state index < -0.39 is 4.92 Å². The number of piperazine rings is 1. The zero-order chi connectivity index (χ0) is 16.9. The Morgan fingerprint density at radius 3 is 3.00 bits per heavy atom. The van der Waals surface area contributed by atoms with Gasteiger partial charge in [0.1, 0.15) is 0 Å². The molecule has 1 aliphatic heterocycles. The summed E-state index contributed by atoms with van der Waals surface area (Å²) < 4.78 is 0. The van der Waals surface area contributed by atoms with Crippen LogP contribution in [0.1, 0.15) is 17.2 Å². The Balaban J connectivity index is 1.77. The molecule has 7 heteroatoms. The van der Waals surface area contributed by atoms with E-state index in [9.17, 15) is 14.9 Å². The van der Waals surface area contributed by atoms with E-state index in [0.717, 1.165) is 12.1 Å². The molecule has 1 amide bonds. The average Bonchev–Trinajstić information content (AvgIpc) is 2.62. The lowest BCUT2D eigenvalue weighted by Crippen LogP contribution is -2.49. The molecule has 1 fully saturated rings. The van der Waals surface area contributed by atoms with E-state index in [0.29, 0.717) is 18.7 Å². The molecule has 0 radical (unpaired) electrons. The van der Waals surface area contributed by atoms with E-state index in [-0.39, 0.29) is 24.1 Å². The third kappa shape index (κ3) is 3.57. The zero-order valence-electron chi connectivity index (χ0n) is 13.1. The number of benzene rings is 1. The molecule has 2 aromatic rings. The molecule has 0 bridgehead atoms. The van der Waals surface area contributed by atoms with Crippen LogP contribution in [-0.4, -0.2) is 40.3 Å². The number of nitrogens with zero attached hydrogens (tertiary/aromatic N) is 3. The number of hydrogen-bond acceptors (Lipinski definition) is 5. The topological polar surface area (TPSA) is 88.4 Å². The number of nitro benzene ring substituents is 1. The van der Waals surface area contributed by atoms with Crippen molar-refractivity contribution in [2.24, 2.45) is 0 Å². The molecule has 1 N–H and O–H groups in total. The first-order valence-electron chi connectivity index (χ1n) is 7.78. The van der Waals surface area contributed by atoms with Gasteiger partial charge in [0.25, 0.3) is 5.69 Å². The van der Waals surface area contributed by atoms with E-state index in [1.54, 1.807) is 24.5 Å². The van der Waals surface area contributed by atoms with Gasteiger partial charge in [-0.15, -0.1) is 0 Å². The van der Waals surface area contributed by atoms with Crippen LogP contribution >= 0.6 is 0 Å². The molecular formula is C17H18N4O3. The maximum absolute atomic E-state index is 12.7. The summed E-state index contributed by atoms with van der Waals surface area (Å²) in [4.78, 5) is 29.1. The van der Waals surface area contributed by atoms with Crippen LogP contribution in [0.2, 0.25) is 0 Å². The third-order valence-electron chi connectivity index (χ3n) is 4.11. The van der Waals surface area contributed by atoms with E-state index in [2.05, 4.69) is 10.3 Å². The average molecular weight is 326 g/mol. The lowest BCUT2D eigenvalue weighted by atomic mass is 10.0. The van der Waals surface area contributed by atoms with E-state index in [4.69, 9.17) is 0 Å². The van der Waals surface area contributed by atoms with Crippen molar-refractivity contribution in [1.29, 1.82) is 0 Å². The number of hydrogen-bond donors (Lipinski definition) is 1. The Labute approximate surface area is 139 Å². The molecular weight excluding hydrogens is 308 g/mol. The van der Waals surface area contributed by atoms with Crippen LogP contribution in [0.4, 0.5) is 5.69 Å². The van der Waals surface area contributed by atoms with Crippen molar-refractivity contribution in [3.63, 3.8) is 0 Å². The van der Waals surface area contributed by atoms with Crippen LogP contribution in [0.3, 0.4) is 0 Å². The first kappa shape index (κ1) is 16.1. The molecule has 124 valence electrons. The number of carbonyl (C=O) groups excluding carboxylic acids is 1. The quantitative estimate of drug-likeness (QED) is 0.682. The second kappa shape index (κ2) is 7.18. The fourth-order valence-electron chi connectivity index (χ4n) is 2.93. The maximum atomic E-state index is 12.7. The first-order chi connectivity index (χ1) is 11.6. The fourth-order valence-corrected chi connectivity index (χ4v) is 2.93. The van der Waals surface area contributed by atoms with Gasteiger partial charge in [-0.1, -0.05) is 18.2 Å². The summed E-state index contributed by atoms with van der Waals surface area (Å²) in [6, 6.07) is 9.98. The molecule has 3 rings (SSSR count). The summed E-state index contributed by atoms with van der Waals surface area (Å²) in [5.74, 6) is -0.0362. The third-order valence-corrected chi connectivity index (χ3v) is 4.11. The van der Waals surface area contributed by atoms with Crippen molar-refractivity contribution in [3.8, 4) is 0 Å². The van der Waals surface area contributed by atoms with Crippen LogP contribution in [0.5, 0.6) is 0 Å². The summed E-state index contributed by atoms with van der Waals surface area (Å²) in [7, 11) is 0. The number of non-ortho nitro benzene ring substituents is 1. The van der Waals surface area contributed by atoms with Gasteiger partial charge in [0.15, 0.2) is 0 Å². The number of amides is 1. The van der Waals surface area contributed by atoms with Gasteiger partial charge >= 0.3 is 0 Å². The SMILES string of the molecule is O=C(Cc1cccc([N+](=O)[O-])c1)N1CCNCC1c1cccnc1. The fraction of sp³-hybridized carbons (Fsp3) is 0.294. The van der Waals surface area contributed by atoms with Gasteiger partial charge in [0.05, 0.1) is 17.4 Å². The smallest absolute Gasteiger partial charge is 0.269 e. The van der Waals surface area contributed by atoms with Gasteiger partial charge in [-0.2, -0.15) is 0 Å². The summed E-state index contributed by atoms with van der Waals surface area (Å²) >= 11 is 0. The highest BCUT2D eigenvalue weighted by molar-refractivity contribution is 5.79. The van der Waals surface area contributed by atoms with Crippen molar-refractivity contribution >= 4 is 11.6 Å². The minimum atomic E-state index is -0.447. The highest BCUT2D eigenvalue weighted by Crippen LogP contribution is 2.23. The van der Waals surface area contributed by atoms with Crippen molar-refractivity contribution < 1.29 is 9.72 Å². The number of pyridine rings is 1. The van der Waals surface area contributed by atoms with Crippen molar-refractivity contribution in [2.75, 3.05) is 19.6 Å². The number of carbonyl (C=O) groups is 1. The molecule has 1 unspecified atom stereocenters. The molecule has 0 spiro atoms. The second-order valence-electron chi connectivity index (χ2n) is 5.70. The molecule has 7 nitrogen and oxygen atoms in total. The highest BCUT2D eigenvalue weighted by Gasteiger charge is 2.28. The molecule has 1 aromatic carbocycles. The predicted molar refractivity (Wildman–Crippen MR) is 88.4 cm³/mol. The minimum Gasteiger partial charge on any atom is -0.333 e. The zero-order valence-corrected chi connectivity index (χ0v) is 13.1. The van der Waals surface area contributed by atoms with E-state index in [1.165, 1.54) is 12.1 Å². The standard InChI is InChI=1S/C17H18N4O3/c22-17(10-13-3-1-5-15(9-13)21(23)24)20-8-7-19-12-16(20)14-4-2-6-18-11-14/h1-6,9,11,16,19H,7-8,10,12H2. The Kier molecular flexibility index (Phi) is 4.81. The molecule has 0 aliphatic carbocycles. The van der Waals surface area contributed by atoms with Gasteiger partial charge in [-0.05, 0) is 17.2 Å². The Bertz CT molecular complexity index is 736. The lowest BCUT2D eigenvalue weighted by Gasteiger charge is -2.36. The van der Waals surface area contributed by atoms with Crippen LogP contribution in [0, 0.1) is 10.1 Å². The van der Waals surface area contributed by atoms with Gasteiger partial charge in [-0.25, -0.2) is 0 Å². The van der Waals surface area contributed by atoms with E-state index in [1.807, 2.05) is 17.0 Å². The molecule has 24 heavy (non-hydrogen) atoms. The van der Waals surface area contributed by atoms with Crippen molar-refractivity contribution in [1.82, 2.24) is 15.2 Å². The van der Waals surface area contributed by atoms with Crippen LogP contribution < -0.4 is 5.32 Å². The van der Waals surface area contributed by atoms with Crippen LogP contribution in [-0.2, 0) is 11.2 Å². The van der Waals surface area contributed by atoms with E-state index >= 15 is 0 Å². The molecule has 0 saturated carbocycles. The largest absolute Gasteiger partial charge is 0.333 e. The molecule has 1 aromatic heterocycles. The monoisotopic (exact) mass is 326 g/mol. The Hall–Kier alpha value is -2.80. The first-order valence-corrected chi connectivity index (χ1v) is 7.78. The van der Waals surface area contributed by atoms with Crippen LogP contribution in [0.25, 0.3) is 0 Å². The van der Waals surface area contributed by atoms with Gasteiger partial charge in [0.2, 0.25) is 5.91 Å². The molecule has 1 aliphatic rings. The van der Waals surface area contributed by atoms with Crippen molar-refractivity contribution in [2.45, 2.75) is 12.5 Å². The van der Waals surface area contributed by atoms with Gasteiger partial charge in [-0.3, -0.25) is 19.9 Å². The number of nitro groups is 1. The highest BCUT2D eigenvalue weighted by atomic mass is 16.6. The summed E-state index contributed by atoms with van der Waals surface area (Å²) in [6.07, 6.45) is 3.62. The molecule has 1 atom stereocenters. The second-order valence-corrected chi connectivity index (χ2v) is 5.70. The maximum Gasteiger partial charge on any atom is 0.269 e. The van der Waals surface area contributed by atoms with Gasteiger partial charge < -0.3 is 10.2 Å². The van der Waals surface area contributed by atoms with Crippen molar-refractivity contribution in [3.05, 3.63) is 70.0 Å². The Morgan fingerprint density at radius 2 is 2.25 bits per heavy atom. The summed E-state index contributed by atoms with van der Waals surface area (Å²) in [6.45, 7) is 2.01. The number of rotatable bonds is 4. The minimum absolute atomic E-state index is 0.00409. The van der Waals surface area contributed by atoms with Gasteiger partial charge in [0, 0.05) is 44.2 Å². The summed E-state index contributed by atoms with van der Waals surface area (Å²) in [5, 5.41) is 14.2. The lowest BCUT2D eigenvalue weighted by molar-refractivity contribution is -0.384. The number of nitrogens with one attached hydrogen (secondary N) is 1. The van der Waals surface area contributed by atoms with Crippen LogP contribution in [0.15, 0.2) is 48.8 Å². The molecule has 1 saturated heterocycles. The normalized spacial score (nSPS) is 17.5.